The zero-order valence-corrected chi connectivity index (χ0v) is 14.2. The SMILES string of the molecule is Cc1ccc[n+](Cc2ccc[n+](CCn3cc[n+](C)c3)c2C)c1. The van der Waals surface area contributed by atoms with Crippen LogP contribution < -0.4 is 13.7 Å². The minimum absolute atomic E-state index is 0.910. The van der Waals surface area contributed by atoms with Crippen molar-refractivity contribution >= 4 is 0 Å². The molecular weight excluding hydrogens is 284 g/mol. The summed E-state index contributed by atoms with van der Waals surface area (Å²) in [6.07, 6.45) is 12.8. The molecule has 0 amide bonds. The molecule has 23 heavy (non-hydrogen) atoms. The number of hydrogen-bond donors (Lipinski definition) is 0. The van der Waals surface area contributed by atoms with Gasteiger partial charge in [0, 0.05) is 24.6 Å². The van der Waals surface area contributed by atoms with Crippen molar-refractivity contribution in [2.45, 2.75) is 33.5 Å². The van der Waals surface area contributed by atoms with Crippen molar-refractivity contribution in [3.05, 3.63) is 78.4 Å². The zero-order chi connectivity index (χ0) is 16.2. The van der Waals surface area contributed by atoms with Gasteiger partial charge in [-0.05, 0) is 19.1 Å². The van der Waals surface area contributed by atoms with E-state index in [0.29, 0.717) is 0 Å². The normalized spacial score (nSPS) is 10.9. The molecule has 0 aliphatic carbocycles. The van der Waals surface area contributed by atoms with E-state index in [1.54, 1.807) is 0 Å². The highest BCUT2D eigenvalue weighted by atomic mass is 15.1. The van der Waals surface area contributed by atoms with Crippen LogP contribution in [0, 0.1) is 13.8 Å². The second-order valence-corrected chi connectivity index (χ2v) is 6.18. The van der Waals surface area contributed by atoms with E-state index in [4.69, 9.17) is 0 Å². The van der Waals surface area contributed by atoms with Gasteiger partial charge in [0.25, 0.3) is 0 Å². The molecule has 0 saturated carbocycles. The summed E-state index contributed by atoms with van der Waals surface area (Å²) in [7, 11) is 2.05. The Kier molecular flexibility index (Phi) is 4.51. The lowest BCUT2D eigenvalue weighted by Gasteiger charge is -2.04. The fourth-order valence-corrected chi connectivity index (χ4v) is 2.89. The van der Waals surface area contributed by atoms with Gasteiger partial charge in [-0.3, -0.25) is 0 Å². The van der Waals surface area contributed by atoms with Gasteiger partial charge in [0.2, 0.25) is 6.33 Å². The Labute approximate surface area is 137 Å². The highest BCUT2D eigenvalue weighted by molar-refractivity contribution is 5.13. The first-order valence-electron chi connectivity index (χ1n) is 8.06. The molecule has 3 heterocycles. The lowest BCUT2D eigenvalue weighted by atomic mass is 10.2. The molecule has 0 fully saturated rings. The number of aromatic nitrogens is 4. The Balaban J connectivity index is 1.75. The highest BCUT2D eigenvalue weighted by Crippen LogP contribution is 2.03. The van der Waals surface area contributed by atoms with Gasteiger partial charge < -0.3 is 0 Å². The van der Waals surface area contributed by atoms with Gasteiger partial charge in [-0.25, -0.2) is 13.7 Å². The van der Waals surface area contributed by atoms with E-state index < -0.39 is 0 Å². The predicted molar refractivity (Wildman–Crippen MR) is 87.5 cm³/mol. The number of imidazole rings is 1. The molecule has 0 radical (unpaired) electrons. The third kappa shape index (κ3) is 3.83. The molecule has 4 nitrogen and oxygen atoms in total. The first kappa shape index (κ1) is 15.4. The summed E-state index contributed by atoms with van der Waals surface area (Å²) in [6, 6.07) is 8.60. The second kappa shape index (κ2) is 6.73. The molecule has 0 bridgehead atoms. The molecular formula is C19H25N4+3. The van der Waals surface area contributed by atoms with Crippen molar-refractivity contribution in [3.8, 4) is 0 Å². The molecule has 4 heteroatoms. The van der Waals surface area contributed by atoms with Gasteiger partial charge >= 0.3 is 0 Å². The van der Waals surface area contributed by atoms with Crippen LogP contribution in [0.15, 0.2) is 61.6 Å². The Hall–Kier alpha value is -2.49. The van der Waals surface area contributed by atoms with E-state index in [2.05, 4.69) is 101 Å². The van der Waals surface area contributed by atoms with Crippen LogP contribution in [0.3, 0.4) is 0 Å². The van der Waals surface area contributed by atoms with E-state index in [0.717, 1.165) is 19.6 Å². The van der Waals surface area contributed by atoms with Gasteiger partial charge in [-0.15, -0.1) is 0 Å². The van der Waals surface area contributed by atoms with E-state index in [1.165, 1.54) is 16.8 Å². The molecule has 118 valence electrons. The van der Waals surface area contributed by atoms with Crippen LogP contribution in [0.25, 0.3) is 0 Å². The summed E-state index contributed by atoms with van der Waals surface area (Å²) >= 11 is 0. The summed E-state index contributed by atoms with van der Waals surface area (Å²) in [5.74, 6) is 0. The average molecular weight is 309 g/mol. The molecule has 0 N–H and O–H groups in total. The van der Waals surface area contributed by atoms with Gasteiger partial charge in [-0.2, -0.15) is 4.57 Å². The Morgan fingerprint density at radius 3 is 2.61 bits per heavy atom. The number of aryl methyl sites for hydroxylation is 4. The van der Waals surface area contributed by atoms with Crippen molar-refractivity contribution in [2.24, 2.45) is 7.05 Å². The van der Waals surface area contributed by atoms with Crippen LogP contribution in [0.1, 0.15) is 16.8 Å². The largest absolute Gasteiger partial charge is 0.243 e. The number of nitrogens with zero attached hydrogens (tertiary/aromatic N) is 4. The first-order chi connectivity index (χ1) is 11.1. The number of rotatable bonds is 5. The highest BCUT2D eigenvalue weighted by Gasteiger charge is 2.15. The van der Waals surface area contributed by atoms with Crippen LogP contribution in [-0.4, -0.2) is 4.57 Å². The molecule has 3 aromatic rings. The number of pyridine rings is 2. The predicted octanol–water partition coefficient (Wildman–Crippen LogP) is 1.25. The van der Waals surface area contributed by atoms with Crippen molar-refractivity contribution in [1.82, 2.24) is 4.57 Å². The van der Waals surface area contributed by atoms with Gasteiger partial charge in [0.15, 0.2) is 37.4 Å². The molecule has 3 aromatic heterocycles. The maximum absolute atomic E-state index is 2.34. The molecule has 3 rings (SSSR count). The molecule has 0 aliphatic heterocycles. The average Bonchev–Trinajstić information content (AvgIpc) is 2.94. The van der Waals surface area contributed by atoms with Gasteiger partial charge in [0.05, 0.1) is 12.6 Å². The summed E-state index contributed by atoms with van der Waals surface area (Å²) in [4.78, 5) is 0. The fourth-order valence-electron chi connectivity index (χ4n) is 2.89. The monoisotopic (exact) mass is 309 g/mol. The van der Waals surface area contributed by atoms with Gasteiger partial charge in [-0.1, -0.05) is 0 Å². The maximum atomic E-state index is 2.34. The Morgan fingerprint density at radius 1 is 1.04 bits per heavy atom. The first-order valence-corrected chi connectivity index (χ1v) is 8.06. The minimum Gasteiger partial charge on any atom is -0.240 e. The lowest BCUT2D eigenvalue weighted by molar-refractivity contribution is -0.711. The summed E-state index contributed by atoms with van der Waals surface area (Å²) < 4.78 is 8.87. The van der Waals surface area contributed by atoms with Gasteiger partial charge in [0.1, 0.15) is 18.9 Å². The van der Waals surface area contributed by atoms with Crippen LogP contribution in [0.5, 0.6) is 0 Å². The van der Waals surface area contributed by atoms with E-state index in [9.17, 15) is 0 Å². The number of hydrogen-bond acceptors (Lipinski definition) is 0. The minimum atomic E-state index is 0.910. The standard InChI is InChI=1S/C19H25N4/c1-17-6-4-8-22(14-17)15-19-7-5-9-23(18(19)2)13-12-21-11-10-20(3)16-21/h4-11,14,16H,12-13,15H2,1-3H3/q+3. The maximum Gasteiger partial charge on any atom is 0.243 e. The molecule has 0 atom stereocenters. The quantitative estimate of drug-likeness (QED) is 0.631. The molecule has 0 spiro atoms. The van der Waals surface area contributed by atoms with E-state index in [-0.39, 0.29) is 0 Å². The van der Waals surface area contributed by atoms with Crippen molar-refractivity contribution in [2.75, 3.05) is 0 Å². The molecule has 0 saturated heterocycles. The zero-order valence-electron chi connectivity index (χ0n) is 14.2. The van der Waals surface area contributed by atoms with Crippen LogP contribution >= 0.6 is 0 Å². The second-order valence-electron chi connectivity index (χ2n) is 6.18. The smallest absolute Gasteiger partial charge is 0.240 e. The third-order valence-corrected chi connectivity index (χ3v) is 4.24. The molecule has 0 aromatic carbocycles. The van der Waals surface area contributed by atoms with E-state index in [1.807, 2.05) is 0 Å². The topological polar surface area (TPSA) is 16.6 Å². The van der Waals surface area contributed by atoms with Crippen LogP contribution in [-0.2, 0) is 26.7 Å². The van der Waals surface area contributed by atoms with E-state index >= 15 is 0 Å². The van der Waals surface area contributed by atoms with Crippen LogP contribution in [0.2, 0.25) is 0 Å². The van der Waals surface area contributed by atoms with Crippen molar-refractivity contribution in [1.29, 1.82) is 0 Å². The third-order valence-electron chi connectivity index (χ3n) is 4.24. The van der Waals surface area contributed by atoms with Crippen molar-refractivity contribution in [3.63, 3.8) is 0 Å². The van der Waals surface area contributed by atoms with Crippen LogP contribution in [0.4, 0.5) is 0 Å². The Bertz CT molecular complexity index is 805. The fraction of sp³-hybridized carbons (Fsp3) is 0.316. The summed E-state index contributed by atoms with van der Waals surface area (Å²) in [5, 5.41) is 0. The lowest BCUT2D eigenvalue weighted by Crippen LogP contribution is -2.42. The summed E-state index contributed by atoms with van der Waals surface area (Å²) in [5.41, 5.74) is 3.98. The summed E-state index contributed by atoms with van der Waals surface area (Å²) in [6.45, 7) is 7.21. The molecule has 0 aliphatic rings. The van der Waals surface area contributed by atoms with Crippen molar-refractivity contribution < 1.29 is 13.7 Å². The Morgan fingerprint density at radius 2 is 1.87 bits per heavy atom. The molecule has 0 unspecified atom stereocenters.